The Bertz CT molecular complexity index is 1220. The van der Waals surface area contributed by atoms with E-state index >= 15 is 0 Å². The molecule has 5 aliphatic rings. The van der Waals surface area contributed by atoms with E-state index in [4.69, 9.17) is 4.74 Å². The molecule has 0 aliphatic heterocycles. The Hall–Kier alpha value is -2.42. The van der Waals surface area contributed by atoms with Crippen LogP contribution in [-0.2, 0) is 14.3 Å². The smallest absolute Gasteiger partial charge is 0.406 e. The number of alkyl carbamates (subject to hydrolysis) is 1. The zero-order valence-corrected chi connectivity index (χ0v) is 25.1. The van der Waals surface area contributed by atoms with Gasteiger partial charge in [0.25, 0.3) is 0 Å². The Balaban J connectivity index is 1.66. The Morgan fingerprint density at radius 1 is 1.08 bits per heavy atom. The van der Waals surface area contributed by atoms with Crippen molar-refractivity contribution in [3.8, 4) is 6.07 Å². The Kier molecular flexibility index (Phi) is 6.34. The lowest BCUT2D eigenvalue weighted by molar-refractivity contribution is -0.175. The maximum absolute atomic E-state index is 14.5. The molecule has 5 aliphatic carbocycles. The molecule has 1 N–H and O–H groups in total. The second-order valence-electron chi connectivity index (χ2n) is 14.9. The molecular formula is C33H46N2O4. The van der Waals surface area contributed by atoms with Crippen LogP contribution in [-0.4, -0.2) is 31.3 Å². The molecule has 6 nitrogen and oxygen atoms in total. The molecular weight excluding hydrogens is 488 g/mol. The average Bonchev–Trinajstić information content (AvgIpc) is 2.89. The minimum Gasteiger partial charge on any atom is -0.453 e. The molecule has 0 bridgehead atoms. The number of allylic oxidation sites excluding steroid dienone is 4. The molecule has 0 radical (unpaired) electrons. The number of methoxy groups -OCH3 is 1. The van der Waals surface area contributed by atoms with E-state index in [0.717, 1.165) is 44.1 Å². The summed E-state index contributed by atoms with van der Waals surface area (Å²) in [5.41, 5.74) is -0.436. The lowest BCUT2D eigenvalue weighted by Gasteiger charge is -2.69. The van der Waals surface area contributed by atoms with Gasteiger partial charge in [0.2, 0.25) is 0 Å². The molecule has 39 heavy (non-hydrogen) atoms. The van der Waals surface area contributed by atoms with E-state index in [-0.39, 0.29) is 51.1 Å². The Morgan fingerprint density at radius 3 is 2.41 bits per heavy atom. The zero-order valence-electron chi connectivity index (χ0n) is 25.1. The SMILES string of the molecule is COC(=O)NC[C@]12CC[C@@H](C)[C@H](C)[C@H]1[C@H]1C(=O)C=C3[C@@]4(C)C=C(C#N)C(=O)C(C)(C)[C@@H]4CC[C@@]3(C)[C@]1(C)CC2. The van der Waals surface area contributed by atoms with E-state index in [1.54, 1.807) is 0 Å². The average molecular weight is 535 g/mol. The first-order chi connectivity index (χ1) is 18.1. The number of hydrogen-bond donors (Lipinski definition) is 1. The maximum Gasteiger partial charge on any atom is 0.406 e. The van der Waals surface area contributed by atoms with Gasteiger partial charge in [-0.05, 0) is 84.5 Å². The molecule has 6 heteroatoms. The van der Waals surface area contributed by atoms with Gasteiger partial charge in [0.05, 0.1) is 12.7 Å². The Labute approximate surface area is 234 Å². The van der Waals surface area contributed by atoms with Gasteiger partial charge in [0.1, 0.15) is 6.07 Å². The van der Waals surface area contributed by atoms with Gasteiger partial charge in [-0.3, -0.25) is 9.59 Å². The lowest BCUT2D eigenvalue weighted by atomic mass is 9.34. The first-order valence-electron chi connectivity index (χ1n) is 14.9. The lowest BCUT2D eigenvalue weighted by Crippen LogP contribution is -2.66. The van der Waals surface area contributed by atoms with Crippen molar-refractivity contribution in [2.24, 2.45) is 56.7 Å². The van der Waals surface area contributed by atoms with Crippen LogP contribution in [0.1, 0.15) is 87.0 Å². The predicted octanol–water partition coefficient (Wildman–Crippen LogP) is 6.42. The number of hydrogen-bond acceptors (Lipinski definition) is 5. The summed E-state index contributed by atoms with van der Waals surface area (Å²) in [5.74, 6) is 1.06. The normalized spacial score (nSPS) is 46.3. The minimum absolute atomic E-state index is 0.0439. The molecule has 3 fully saturated rings. The highest BCUT2D eigenvalue weighted by Crippen LogP contribution is 2.74. The largest absolute Gasteiger partial charge is 0.453 e. The molecule has 0 saturated heterocycles. The van der Waals surface area contributed by atoms with Crippen molar-refractivity contribution in [2.45, 2.75) is 87.0 Å². The number of carbonyl (C=O) groups is 3. The summed E-state index contributed by atoms with van der Waals surface area (Å²) in [5, 5.41) is 12.9. The molecule has 0 aromatic rings. The number of carbonyl (C=O) groups excluding carboxylic acids is 3. The highest BCUT2D eigenvalue weighted by atomic mass is 16.5. The summed E-state index contributed by atoms with van der Waals surface area (Å²) < 4.78 is 4.92. The number of amides is 1. The molecule has 1 amide bonds. The van der Waals surface area contributed by atoms with E-state index in [1.165, 1.54) is 7.11 Å². The summed E-state index contributed by atoms with van der Waals surface area (Å²) in [6, 6.07) is 2.19. The van der Waals surface area contributed by atoms with E-state index in [2.05, 4.69) is 46.0 Å². The van der Waals surface area contributed by atoms with Gasteiger partial charge in [0, 0.05) is 23.3 Å². The summed E-state index contributed by atoms with van der Waals surface area (Å²) in [6.45, 7) is 16.0. The second-order valence-corrected chi connectivity index (χ2v) is 14.9. The van der Waals surface area contributed by atoms with Crippen LogP contribution in [0.4, 0.5) is 4.79 Å². The standard InChI is InChI=1S/C33H46N2O4/c1-19-9-12-33(18-35-28(38)39-8)14-13-32(7)26(25(33)20(19)2)22(36)15-24-30(5)16-21(17-34)27(37)29(3,4)23(30)10-11-31(24,32)6/h15-16,19-20,23,25-26H,9-14,18H2,1-8H3,(H,35,38)/t19-,20+,23+,25+,26-,30+,31-,32-,33-/m1/s1. The van der Waals surface area contributed by atoms with Crippen molar-refractivity contribution < 1.29 is 19.1 Å². The maximum atomic E-state index is 14.5. The molecule has 0 aromatic heterocycles. The number of nitrogens with one attached hydrogen (secondary N) is 1. The van der Waals surface area contributed by atoms with Crippen molar-refractivity contribution in [1.82, 2.24) is 5.32 Å². The Morgan fingerprint density at radius 2 is 1.77 bits per heavy atom. The van der Waals surface area contributed by atoms with Crippen molar-refractivity contribution in [3.05, 3.63) is 23.3 Å². The number of nitrogens with zero attached hydrogens (tertiary/aromatic N) is 1. The van der Waals surface area contributed by atoms with Gasteiger partial charge in [-0.2, -0.15) is 5.26 Å². The molecule has 0 unspecified atom stereocenters. The van der Waals surface area contributed by atoms with Gasteiger partial charge >= 0.3 is 6.09 Å². The molecule has 5 rings (SSSR count). The molecule has 212 valence electrons. The highest BCUT2D eigenvalue weighted by Gasteiger charge is 2.70. The predicted molar refractivity (Wildman–Crippen MR) is 149 cm³/mol. The molecule has 9 atom stereocenters. The minimum atomic E-state index is -0.661. The number of nitriles is 1. The van der Waals surface area contributed by atoms with Crippen LogP contribution in [0.3, 0.4) is 0 Å². The van der Waals surface area contributed by atoms with E-state index in [0.29, 0.717) is 18.4 Å². The molecule has 0 heterocycles. The van der Waals surface area contributed by atoms with Crippen molar-refractivity contribution in [2.75, 3.05) is 13.7 Å². The van der Waals surface area contributed by atoms with Gasteiger partial charge in [-0.1, -0.05) is 60.1 Å². The van der Waals surface area contributed by atoms with Crippen molar-refractivity contribution in [3.63, 3.8) is 0 Å². The van der Waals surface area contributed by atoms with E-state index < -0.39 is 16.9 Å². The van der Waals surface area contributed by atoms with Crippen LogP contribution in [0.15, 0.2) is 23.3 Å². The zero-order chi connectivity index (χ0) is 28.8. The van der Waals surface area contributed by atoms with Gasteiger partial charge in [-0.15, -0.1) is 0 Å². The van der Waals surface area contributed by atoms with Crippen molar-refractivity contribution >= 4 is 17.7 Å². The summed E-state index contributed by atoms with van der Waals surface area (Å²) in [7, 11) is 1.40. The summed E-state index contributed by atoms with van der Waals surface area (Å²) in [6.07, 6.45) is 9.24. The third-order valence-electron chi connectivity index (χ3n) is 13.2. The first-order valence-corrected chi connectivity index (χ1v) is 14.9. The molecule has 0 spiro atoms. The fraction of sp³-hybridized carbons (Fsp3) is 0.758. The van der Waals surface area contributed by atoms with Crippen LogP contribution < -0.4 is 5.32 Å². The molecule has 3 saturated carbocycles. The number of Topliss-reactive ketones (excluding diaryl/α,β-unsaturated/α-hetero) is 1. The topological polar surface area (TPSA) is 96.3 Å². The van der Waals surface area contributed by atoms with Crippen LogP contribution in [0, 0.1) is 68.0 Å². The van der Waals surface area contributed by atoms with E-state index in [1.807, 2.05) is 26.0 Å². The fourth-order valence-corrected chi connectivity index (χ4v) is 10.6. The quantitative estimate of drug-likeness (QED) is 0.441. The van der Waals surface area contributed by atoms with Crippen LogP contribution in [0.25, 0.3) is 0 Å². The third-order valence-corrected chi connectivity index (χ3v) is 13.2. The second kappa shape index (κ2) is 8.79. The van der Waals surface area contributed by atoms with Crippen molar-refractivity contribution in [1.29, 1.82) is 5.26 Å². The fourth-order valence-electron chi connectivity index (χ4n) is 10.6. The summed E-state index contributed by atoms with van der Waals surface area (Å²) >= 11 is 0. The summed E-state index contributed by atoms with van der Waals surface area (Å²) in [4.78, 5) is 39.9. The number of fused-ring (bicyclic) bond motifs is 7. The molecule has 0 aromatic carbocycles. The van der Waals surface area contributed by atoms with Crippen LogP contribution in [0.5, 0.6) is 0 Å². The van der Waals surface area contributed by atoms with Crippen LogP contribution >= 0.6 is 0 Å². The number of ketones is 2. The van der Waals surface area contributed by atoms with E-state index in [9.17, 15) is 19.6 Å². The van der Waals surface area contributed by atoms with Gasteiger partial charge in [-0.25, -0.2) is 4.79 Å². The number of rotatable bonds is 2. The highest BCUT2D eigenvalue weighted by molar-refractivity contribution is 6.04. The number of ether oxygens (including phenoxy) is 1. The van der Waals surface area contributed by atoms with Gasteiger partial charge in [0.15, 0.2) is 11.6 Å². The monoisotopic (exact) mass is 534 g/mol. The van der Waals surface area contributed by atoms with Crippen LogP contribution in [0.2, 0.25) is 0 Å². The third kappa shape index (κ3) is 3.53. The van der Waals surface area contributed by atoms with Gasteiger partial charge < -0.3 is 10.1 Å². The first kappa shape index (κ1) is 28.1.